The van der Waals surface area contributed by atoms with Crippen LogP contribution in [0.1, 0.15) is 6.92 Å². The van der Waals surface area contributed by atoms with Crippen molar-refractivity contribution in [2.45, 2.75) is 13.0 Å². The highest BCUT2D eigenvalue weighted by molar-refractivity contribution is 14.1. The number of nitrogens with zero attached hydrogens (tertiary/aromatic N) is 1. The maximum atomic E-state index is 11.4. The van der Waals surface area contributed by atoms with E-state index in [2.05, 4.69) is 27.9 Å². The maximum Gasteiger partial charge on any atom is 0.245 e. The van der Waals surface area contributed by atoms with Crippen LogP contribution in [0.5, 0.6) is 5.75 Å². The van der Waals surface area contributed by atoms with Gasteiger partial charge in [0.1, 0.15) is 12.4 Å². The van der Waals surface area contributed by atoms with Crippen LogP contribution in [0, 0.1) is 3.57 Å². The molecule has 0 spiro atoms. The Balaban J connectivity index is 2.20. The molecular formula is C15H21IN2O2. The average molecular weight is 388 g/mol. The second-order valence-electron chi connectivity index (χ2n) is 4.64. The number of nitrogens with one attached hydrogen (secondary N) is 1. The Hall–Kier alpha value is -1.08. The molecule has 0 aromatic heterocycles. The summed E-state index contributed by atoms with van der Waals surface area (Å²) < 4.78 is 6.80. The van der Waals surface area contributed by atoms with E-state index in [1.54, 1.807) is 25.1 Å². The van der Waals surface area contributed by atoms with E-state index in [1.807, 2.05) is 37.3 Å². The highest BCUT2D eigenvalue weighted by Gasteiger charge is 2.00. The molecule has 0 radical (unpaired) electrons. The lowest BCUT2D eigenvalue weighted by molar-refractivity contribution is -0.123. The minimum atomic E-state index is -0.00575. The van der Waals surface area contributed by atoms with Gasteiger partial charge >= 0.3 is 0 Å². The summed E-state index contributed by atoms with van der Waals surface area (Å²) in [6.45, 7) is 3.33. The normalized spacial score (nSPS) is 12.4. The van der Waals surface area contributed by atoms with Gasteiger partial charge in [0.05, 0.1) is 0 Å². The minimum absolute atomic E-state index is 0.00575. The molecule has 0 aliphatic heterocycles. The molecule has 0 bridgehead atoms. The molecule has 0 saturated carbocycles. The van der Waals surface area contributed by atoms with Crippen LogP contribution in [0.4, 0.5) is 0 Å². The van der Waals surface area contributed by atoms with Crippen LogP contribution in [-0.2, 0) is 4.79 Å². The van der Waals surface area contributed by atoms with Crippen LogP contribution >= 0.6 is 22.6 Å². The summed E-state index contributed by atoms with van der Waals surface area (Å²) in [5, 5.41) is 3.27. The third-order valence-electron chi connectivity index (χ3n) is 2.62. The number of ether oxygens (including phenoxy) is 1. The van der Waals surface area contributed by atoms with E-state index in [4.69, 9.17) is 4.74 Å². The molecule has 1 atom stereocenters. The molecule has 1 unspecified atom stereocenters. The summed E-state index contributed by atoms with van der Waals surface area (Å²) in [4.78, 5) is 12.9. The van der Waals surface area contributed by atoms with Gasteiger partial charge < -0.3 is 15.0 Å². The number of carbonyl (C=O) groups excluding carboxylic acids is 1. The van der Waals surface area contributed by atoms with Gasteiger partial charge in [-0.3, -0.25) is 4.79 Å². The molecule has 5 heteroatoms. The van der Waals surface area contributed by atoms with Gasteiger partial charge in [0.2, 0.25) is 5.91 Å². The van der Waals surface area contributed by atoms with Gasteiger partial charge in [0.15, 0.2) is 0 Å². The number of likely N-dealkylation sites (N-methyl/N-ethyl adjacent to an activating group) is 1. The molecule has 4 nitrogen and oxygen atoms in total. The Morgan fingerprint density at radius 1 is 1.40 bits per heavy atom. The third kappa shape index (κ3) is 6.91. The van der Waals surface area contributed by atoms with Crippen molar-refractivity contribution < 1.29 is 9.53 Å². The predicted molar refractivity (Wildman–Crippen MR) is 90.0 cm³/mol. The van der Waals surface area contributed by atoms with Gasteiger partial charge in [-0.25, -0.2) is 0 Å². The highest BCUT2D eigenvalue weighted by Crippen LogP contribution is 2.12. The fourth-order valence-electron chi connectivity index (χ4n) is 1.43. The molecule has 1 aromatic rings. The monoisotopic (exact) mass is 388 g/mol. The van der Waals surface area contributed by atoms with E-state index >= 15 is 0 Å². The Kier molecular flexibility index (Phi) is 7.61. The summed E-state index contributed by atoms with van der Waals surface area (Å²) >= 11 is 2.26. The largest absolute Gasteiger partial charge is 0.492 e. The van der Waals surface area contributed by atoms with Crippen LogP contribution in [0.3, 0.4) is 0 Å². The molecule has 0 fully saturated rings. The molecule has 1 aromatic carbocycles. The van der Waals surface area contributed by atoms with Gasteiger partial charge in [-0.2, -0.15) is 0 Å². The quantitative estimate of drug-likeness (QED) is 0.443. The molecule has 0 heterocycles. The Morgan fingerprint density at radius 3 is 2.65 bits per heavy atom. The third-order valence-corrected chi connectivity index (χ3v) is 3.34. The molecule has 1 rings (SSSR count). The van der Waals surface area contributed by atoms with Crippen molar-refractivity contribution in [3.8, 4) is 5.75 Å². The molecule has 0 aliphatic carbocycles. The molecule has 0 aliphatic rings. The number of halogens is 1. The van der Waals surface area contributed by atoms with Gasteiger partial charge in [-0.1, -0.05) is 6.08 Å². The fourth-order valence-corrected chi connectivity index (χ4v) is 1.79. The van der Waals surface area contributed by atoms with Gasteiger partial charge in [-0.15, -0.1) is 0 Å². The topological polar surface area (TPSA) is 41.6 Å². The summed E-state index contributed by atoms with van der Waals surface area (Å²) in [6, 6.07) is 8.09. The number of hydrogen-bond donors (Lipinski definition) is 1. The summed E-state index contributed by atoms with van der Waals surface area (Å²) in [5.41, 5.74) is 0. The van der Waals surface area contributed by atoms with E-state index in [-0.39, 0.29) is 11.9 Å². The standard InChI is InChI=1S/C15H21IN2O2/c1-12(4-9-15(19)18(2)3)17-10-11-20-14-7-5-13(16)6-8-14/h4-9,12,17H,10-11H2,1-3H3/b9-4+. The minimum Gasteiger partial charge on any atom is -0.492 e. The highest BCUT2D eigenvalue weighted by atomic mass is 127. The maximum absolute atomic E-state index is 11.4. The smallest absolute Gasteiger partial charge is 0.245 e. The van der Waals surface area contributed by atoms with E-state index in [0.29, 0.717) is 6.61 Å². The van der Waals surface area contributed by atoms with Crippen molar-refractivity contribution >= 4 is 28.5 Å². The zero-order valence-corrected chi connectivity index (χ0v) is 14.3. The number of benzene rings is 1. The van der Waals surface area contributed by atoms with Crippen LogP contribution < -0.4 is 10.1 Å². The van der Waals surface area contributed by atoms with Crippen LogP contribution in [0.2, 0.25) is 0 Å². The second-order valence-corrected chi connectivity index (χ2v) is 5.88. The number of amides is 1. The van der Waals surface area contributed by atoms with E-state index in [0.717, 1.165) is 12.3 Å². The predicted octanol–water partition coefficient (Wildman–Crippen LogP) is 2.29. The summed E-state index contributed by atoms with van der Waals surface area (Å²) in [7, 11) is 3.47. The molecule has 0 saturated heterocycles. The van der Waals surface area contributed by atoms with Gasteiger partial charge in [0, 0.05) is 36.3 Å². The van der Waals surface area contributed by atoms with Crippen molar-refractivity contribution in [2.75, 3.05) is 27.2 Å². The van der Waals surface area contributed by atoms with E-state index in [1.165, 1.54) is 3.57 Å². The molecule has 110 valence electrons. The Morgan fingerprint density at radius 2 is 2.05 bits per heavy atom. The molecule has 20 heavy (non-hydrogen) atoms. The lowest BCUT2D eigenvalue weighted by Crippen LogP contribution is -2.29. The molecule has 1 amide bonds. The Bertz CT molecular complexity index is 444. The molecule has 1 N–H and O–H groups in total. The van der Waals surface area contributed by atoms with Crippen LogP contribution in [-0.4, -0.2) is 44.1 Å². The number of rotatable bonds is 7. The summed E-state index contributed by atoms with van der Waals surface area (Å²) in [6.07, 6.45) is 3.44. The van der Waals surface area contributed by atoms with Crippen LogP contribution in [0.25, 0.3) is 0 Å². The zero-order chi connectivity index (χ0) is 15.0. The van der Waals surface area contributed by atoms with Crippen molar-refractivity contribution in [1.82, 2.24) is 10.2 Å². The van der Waals surface area contributed by atoms with E-state index in [9.17, 15) is 4.79 Å². The average Bonchev–Trinajstić information content (AvgIpc) is 2.42. The lowest BCUT2D eigenvalue weighted by atomic mass is 10.3. The van der Waals surface area contributed by atoms with Gasteiger partial charge in [-0.05, 0) is 53.8 Å². The first-order valence-corrected chi connectivity index (χ1v) is 7.58. The number of hydrogen-bond acceptors (Lipinski definition) is 3. The van der Waals surface area contributed by atoms with Crippen LogP contribution in [0.15, 0.2) is 36.4 Å². The fraction of sp³-hybridized carbons (Fsp3) is 0.400. The van der Waals surface area contributed by atoms with Crippen molar-refractivity contribution in [3.05, 3.63) is 40.0 Å². The van der Waals surface area contributed by atoms with Crippen molar-refractivity contribution in [2.24, 2.45) is 0 Å². The SMILES string of the molecule is CC(/C=C/C(=O)N(C)C)NCCOc1ccc(I)cc1. The lowest BCUT2D eigenvalue weighted by Gasteiger charge is -2.11. The molecular weight excluding hydrogens is 367 g/mol. The first-order chi connectivity index (χ1) is 9.49. The van der Waals surface area contributed by atoms with Gasteiger partial charge in [0.25, 0.3) is 0 Å². The first-order valence-electron chi connectivity index (χ1n) is 6.50. The van der Waals surface area contributed by atoms with E-state index < -0.39 is 0 Å². The van der Waals surface area contributed by atoms with Crippen molar-refractivity contribution in [1.29, 1.82) is 0 Å². The van der Waals surface area contributed by atoms with Crippen molar-refractivity contribution in [3.63, 3.8) is 0 Å². The number of carbonyl (C=O) groups is 1. The zero-order valence-electron chi connectivity index (χ0n) is 12.1. The summed E-state index contributed by atoms with van der Waals surface area (Å²) in [5.74, 6) is 0.868. The second kappa shape index (κ2) is 8.97. The first kappa shape index (κ1) is 17.0. The Labute approximate surface area is 134 Å².